The molecule has 0 radical (unpaired) electrons. The quantitative estimate of drug-likeness (QED) is 0.833. The molecule has 0 aliphatic rings. The number of nitrogens with one attached hydrogen (secondary N) is 1. The number of pyridine rings is 1. The van der Waals surface area contributed by atoms with Gasteiger partial charge in [0.05, 0.1) is 6.54 Å². The van der Waals surface area contributed by atoms with Crippen LogP contribution in [-0.4, -0.2) is 21.6 Å². The maximum Gasteiger partial charge on any atom is 0.213 e. The molecule has 0 bridgehead atoms. The summed E-state index contributed by atoms with van der Waals surface area (Å²) in [6, 6.07) is 5.89. The second kappa shape index (κ2) is 4.45. The number of imidazole rings is 1. The second-order valence-corrected chi connectivity index (χ2v) is 3.25. The first kappa shape index (κ1) is 10.2. The van der Waals surface area contributed by atoms with Crippen molar-refractivity contribution < 1.29 is 0 Å². The summed E-state index contributed by atoms with van der Waals surface area (Å²) in [6.45, 7) is 0.590. The highest BCUT2D eigenvalue weighted by Gasteiger charge is 2.05. The van der Waals surface area contributed by atoms with Crippen molar-refractivity contribution in [3.8, 4) is 6.07 Å². The van der Waals surface area contributed by atoms with Gasteiger partial charge in [0.15, 0.2) is 0 Å². The van der Waals surface area contributed by atoms with Crippen LogP contribution in [0.3, 0.4) is 0 Å². The standard InChI is InChI=1S/C11H11N5/c1-13-11-9(3-2-4-15-11)8-16-6-5-14-10(16)7-12/h2-6H,8H2,1H3,(H,13,15). The molecule has 80 valence electrons. The van der Waals surface area contributed by atoms with Crippen LogP contribution in [0, 0.1) is 11.3 Å². The number of hydrogen-bond donors (Lipinski definition) is 1. The third kappa shape index (κ3) is 1.86. The van der Waals surface area contributed by atoms with E-state index in [1.165, 1.54) is 0 Å². The Morgan fingerprint density at radius 1 is 1.44 bits per heavy atom. The van der Waals surface area contributed by atoms with Crippen molar-refractivity contribution in [1.29, 1.82) is 5.26 Å². The highest BCUT2D eigenvalue weighted by atomic mass is 15.1. The van der Waals surface area contributed by atoms with E-state index in [0.29, 0.717) is 12.4 Å². The highest BCUT2D eigenvalue weighted by molar-refractivity contribution is 5.43. The zero-order valence-corrected chi connectivity index (χ0v) is 8.88. The third-order valence-corrected chi connectivity index (χ3v) is 2.28. The average molecular weight is 213 g/mol. The monoisotopic (exact) mass is 213 g/mol. The van der Waals surface area contributed by atoms with E-state index in [0.717, 1.165) is 11.4 Å². The van der Waals surface area contributed by atoms with E-state index in [1.54, 1.807) is 23.2 Å². The summed E-state index contributed by atoms with van der Waals surface area (Å²) in [6.07, 6.45) is 5.13. The van der Waals surface area contributed by atoms with E-state index in [1.807, 2.05) is 25.2 Å². The Labute approximate surface area is 93.4 Å². The summed E-state index contributed by atoms with van der Waals surface area (Å²) in [7, 11) is 1.82. The molecule has 0 spiro atoms. The molecule has 5 heteroatoms. The van der Waals surface area contributed by atoms with E-state index < -0.39 is 0 Å². The fourth-order valence-electron chi connectivity index (χ4n) is 1.52. The van der Waals surface area contributed by atoms with Gasteiger partial charge in [-0.15, -0.1) is 0 Å². The van der Waals surface area contributed by atoms with Crippen molar-refractivity contribution in [2.24, 2.45) is 0 Å². The summed E-state index contributed by atoms with van der Waals surface area (Å²) in [5.41, 5.74) is 1.03. The molecule has 0 saturated carbocycles. The molecular weight excluding hydrogens is 202 g/mol. The third-order valence-electron chi connectivity index (χ3n) is 2.28. The SMILES string of the molecule is CNc1ncccc1Cn1ccnc1C#N. The lowest BCUT2D eigenvalue weighted by molar-refractivity contribution is 0.780. The number of aromatic nitrogens is 3. The van der Waals surface area contributed by atoms with Crippen molar-refractivity contribution >= 4 is 5.82 Å². The van der Waals surface area contributed by atoms with Crippen LogP contribution in [0.2, 0.25) is 0 Å². The minimum Gasteiger partial charge on any atom is -0.373 e. The maximum atomic E-state index is 8.85. The van der Waals surface area contributed by atoms with Crippen molar-refractivity contribution in [3.05, 3.63) is 42.1 Å². The van der Waals surface area contributed by atoms with Gasteiger partial charge < -0.3 is 9.88 Å². The van der Waals surface area contributed by atoms with Crippen LogP contribution in [-0.2, 0) is 6.54 Å². The summed E-state index contributed by atoms with van der Waals surface area (Å²) in [4.78, 5) is 8.15. The van der Waals surface area contributed by atoms with Gasteiger partial charge in [0, 0.05) is 31.2 Å². The van der Waals surface area contributed by atoms with Crippen LogP contribution >= 0.6 is 0 Å². The molecule has 2 heterocycles. The van der Waals surface area contributed by atoms with Crippen molar-refractivity contribution in [3.63, 3.8) is 0 Å². The summed E-state index contributed by atoms with van der Waals surface area (Å²) >= 11 is 0. The Hall–Kier alpha value is -2.35. The summed E-state index contributed by atoms with van der Waals surface area (Å²) in [5, 5.41) is 11.9. The van der Waals surface area contributed by atoms with Crippen LogP contribution in [0.15, 0.2) is 30.7 Å². The minimum atomic E-state index is 0.408. The Morgan fingerprint density at radius 2 is 2.31 bits per heavy atom. The number of nitrogens with zero attached hydrogens (tertiary/aromatic N) is 4. The molecule has 0 fully saturated rings. The van der Waals surface area contributed by atoms with Gasteiger partial charge in [-0.1, -0.05) is 6.07 Å². The lowest BCUT2D eigenvalue weighted by atomic mass is 10.2. The number of anilines is 1. The minimum absolute atomic E-state index is 0.408. The number of nitriles is 1. The zero-order valence-electron chi connectivity index (χ0n) is 8.88. The Morgan fingerprint density at radius 3 is 3.06 bits per heavy atom. The fourth-order valence-corrected chi connectivity index (χ4v) is 1.52. The van der Waals surface area contributed by atoms with Crippen LogP contribution < -0.4 is 5.32 Å². The van der Waals surface area contributed by atoms with Gasteiger partial charge >= 0.3 is 0 Å². The zero-order chi connectivity index (χ0) is 11.4. The average Bonchev–Trinajstić information content (AvgIpc) is 2.77. The van der Waals surface area contributed by atoms with Crippen LogP contribution in [0.4, 0.5) is 5.82 Å². The summed E-state index contributed by atoms with van der Waals surface area (Å²) < 4.78 is 1.79. The maximum absolute atomic E-state index is 8.85. The molecule has 0 aromatic carbocycles. The molecule has 2 rings (SSSR count). The smallest absolute Gasteiger partial charge is 0.213 e. The van der Waals surface area contributed by atoms with E-state index in [2.05, 4.69) is 15.3 Å². The topological polar surface area (TPSA) is 66.5 Å². The van der Waals surface area contributed by atoms with E-state index >= 15 is 0 Å². The first-order valence-corrected chi connectivity index (χ1v) is 4.88. The molecule has 0 aliphatic heterocycles. The molecule has 2 aromatic heterocycles. The first-order valence-electron chi connectivity index (χ1n) is 4.88. The second-order valence-electron chi connectivity index (χ2n) is 3.25. The van der Waals surface area contributed by atoms with Gasteiger partial charge in [0.1, 0.15) is 11.9 Å². The molecular formula is C11H11N5. The molecule has 1 N–H and O–H groups in total. The van der Waals surface area contributed by atoms with Gasteiger partial charge in [-0.25, -0.2) is 9.97 Å². The highest BCUT2D eigenvalue weighted by Crippen LogP contribution is 2.13. The molecule has 16 heavy (non-hydrogen) atoms. The molecule has 2 aromatic rings. The molecule has 0 atom stereocenters. The molecule has 0 amide bonds. The first-order chi connectivity index (χ1) is 7.85. The van der Waals surface area contributed by atoms with E-state index in [4.69, 9.17) is 5.26 Å². The fraction of sp³-hybridized carbons (Fsp3) is 0.182. The van der Waals surface area contributed by atoms with Crippen molar-refractivity contribution in [2.75, 3.05) is 12.4 Å². The van der Waals surface area contributed by atoms with Crippen molar-refractivity contribution in [1.82, 2.24) is 14.5 Å². The van der Waals surface area contributed by atoms with Gasteiger partial charge in [-0.05, 0) is 6.07 Å². The van der Waals surface area contributed by atoms with E-state index in [9.17, 15) is 0 Å². The number of hydrogen-bond acceptors (Lipinski definition) is 4. The summed E-state index contributed by atoms with van der Waals surface area (Å²) in [5.74, 6) is 1.23. The van der Waals surface area contributed by atoms with Gasteiger partial charge in [-0.2, -0.15) is 5.26 Å². The van der Waals surface area contributed by atoms with Gasteiger partial charge in [0.25, 0.3) is 0 Å². The van der Waals surface area contributed by atoms with E-state index in [-0.39, 0.29) is 0 Å². The Bertz CT molecular complexity index is 523. The Kier molecular flexibility index (Phi) is 2.83. The predicted molar refractivity (Wildman–Crippen MR) is 59.8 cm³/mol. The molecule has 0 saturated heterocycles. The molecule has 0 unspecified atom stereocenters. The molecule has 0 aliphatic carbocycles. The van der Waals surface area contributed by atoms with Crippen LogP contribution in [0.25, 0.3) is 0 Å². The normalized spacial score (nSPS) is 9.75. The van der Waals surface area contributed by atoms with Gasteiger partial charge in [0.2, 0.25) is 5.82 Å². The lowest BCUT2D eigenvalue weighted by Gasteiger charge is -2.08. The van der Waals surface area contributed by atoms with Gasteiger partial charge in [-0.3, -0.25) is 0 Å². The Balaban J connectivity index is 2.31. The van der Waals surface area contributed by atoms with Crippen LogP contribution in [0.1, 0.15) is 11.4 Å². The van der Waals surface area contributed by atoms with Crippen LogP contribution in [0.5, 0.6) is 0 Å². The lowest BCUT2D eigenvalue weighted by Crippen LogP contribution is -2.05. The largest absolute Gasteiger partial charge is 0.373 e. The predicted octanol–water partition coefficient (Wildman–Crippen LogP) is 1.24. The van der Waals surface area contributed by atoms with Crippen molar-refractivity contribution in [2.45, 2.75) is 6.54 Å². The number of rotatable bonds is 3. The molecule has 5 nitrogen and oxygen atoms in total.